The molecule has 0 fully saturated rings. The number of allylic oxidation sites excluding steroid dienone is 2. The molecule has 0 radical (unpaired) electrons. The molecule has 1 unspecified atom stereocenters. The first-order chi connectivity index (χ1) is 7.63. The predicted octanol–water partition coefficient (Wildman–Crippen LogP) is 4.24. The predicted molar refractivity (Wildman–Crippen MR) is 33.6 cm³/mol. The summed E-state index contributed by atoms with van der Waals surface area (Å²) < 4.78 is 135. The molecule has 0 amide bonds. The normalized spacial score (nSPS) is 28.7. The van der Waals surface area contributed by atoms with Crippen LogP contribution in [0.5, 0.6) is 0 Å². The average Bonchev–Trinajstić information content (AvgIpc) is 1.93. The summed E-state index contributed by atoms with van der Waals surface area (Å²) in [5, 5.41) is 0. The number of halogens is 11. The van der Waals surface area contributed by atoms with Crippen molar-refractivity contribution in [3.05, 3.63) is 11.9 Å². The molecule has 0 N–H and O–H groups in total. The summed E-state index contributed by atoms with van der Waals surface area (Å²) >= 11 is 0. The summed E-state index contributed by atoms with van der Waals surface area (Å²) in [6.07, 6.45) is -21.6. The van der Waals surface area contributed by atoms with E-state index in [1.807, 2.05) is 0 Å². The van der Waals surface area contributed by atoms with Crippen LogP contribution in [0.3, 0.4) is 0 Å². The molecule has 0 aromatic carbocycles. The van der Waals surface area contributed by atoms with Gasteiger partial charge in [-0.05, 0) is 6.08 Å². The van der Waals surface area contributed by atoms with Crippen molar-refractivity contribution in [2.24, 2.45) is 5.41 Å². The molecule has 106 valence electrons. The van der Waals surface area contributed by atoms with E-state index in [2.05, 4.69) is 0 Å². The number of rotatable bonds is 0. The third-order valence-corrected chi connectivity index (χ3v) is 2.49. The molecule has 0 nitrogen and oxygen atoms in total. The van der Waals surface area contributed by atoms with Crippen molar-refractivity contribution in [1.29, 1.82) is 0 Å². The maximum absolute atomic E-state index is 13.1. The van der Waals surface area contributed by atoms with Gasteiger partial charge in [-0.25, -0.2) is 8.78 Å². The Balaban J connectivity index is 3.63. The molecule has 1 aliphatic rings. The summed E-state index contributed by atoms with van der Waals surface area (Å²) in [5.41, 5.74) is -12.1. The van der Waals surface area contributed by atoms with Gasteiger partial charge in [-0.1, -0.05) is 0 Å². The Hall–Kier alpha value is -1.03. The van der Waals surface area contributed by atoms with Crippen LogP contribution < -0.4 is 0 Å². The maximum Gasteiger partial charge on any atom is 0.428 e. The highest BCUT2D eigenvalue weighted by Crippen LogP contribution is 2.71. The average molecular weight is 294 g/mol. The fraction of sp³-hybridized carbons (Fsp3) is 0.714. The van der Waals surface area contributed by atoms with E-state index in [0.717, 1.165) is 0 Å². The molecule has 0 saturated carbocycles. The van der Waals surface area contributed by atoms with Gasteiger partial charge in [0.2, 0.25) is 0 Å². The first kappa shape index (κ1) is 15.0. The number of hydrogen-bond acceptors (Lipinski definition) is 0. The lowest BCUT2D eigenvalue weighted by Gasteiger charge is -2.50. The van der Waals surface area contributed by atoms with E-state index in [4.69, 9.17) is 0 Å². The van der Waals surface area contributed by atoms with Gasteiger partial charge >= 0.3 is 18.5 Å². The lowest BCUT2D eigenvalue weighted by atomic mass is 9.61. The smallest absolute Gasteiger partial charge is 0.227 e. The summed E-state index contributed by atoms with van der Waals surface area (Å²) in [4.78, 5) is 0. The molecule has 18 heavy (non-hydrogen) atoms. The van der Waals surface area contributed by atoms with Crippen molar-refractivity contribution >= 4 is 0 Å². The van der Waals surface area contributed by atoms with Crippen molar-refractivity contribution in [1.82, 2.24) is 0 Å². The van der Waals surface area contributed by atoms with E-state index >= 15 is 0 Å². The van der Waals surface area contributed by atoms with E-state index in [9.17, 15) is 48.3 Å². The van der Waals surface area contributed by atoms with Gasteiger partial charge in [0.05, 0.1) is 0 Å². The van der Waals surface area contributed by atoms with E-state index in [-0.39, 0.29) is 0 Å². The van der Waals surface area contributed by atoms with Crippen LogP contribution in [-0.2, 0) is 0 Å². The SMILES string of the molecule is FC1=CC(F)(C(F)(F)F)C1(C(F)(F)F)C(F)(F)F. The van der Waals surface area contributed by atoms with Crippen molar-refractivity contribution in [3.63, 3.8) is 0 Å². The van der Waals surface area contributed by atoms with E-state index < -0.39 is 41.5 Å². The van der Waals surface area contributed by atoms with Gasteiger partial charge in [0.25, 0.3) is 11.1 Å². The zero-order chi connectivity index (χ0) is 14.8. The van der Waals surface area contributed by atoms with Crippen LogP contribution in [0.25, 0.3) is 0 Å². The molecule has 0 saturated heterocycles. The summed E-state index contributed by atoms with van der Waals surface area (Å²) in [6.45, 7) is 0. The highest BCUT2D eigenvalue weighted by Gasteiger charge is 2.93. The Labute approximate surface area is 91.1 Å². The van der Waals surface area contributed by atoms with Crippen LogP contribution >= 0.6 is 0 Å². The Morgan fingerprint density at radius 3 is 1.17 bits per heavy atom. The van der Waals surface area contributed by atoms with Crippen LogP contribution in [0, 0.1) is 5.41 Å². The van der Waals surface area contributed by atoms with Gasteiger partial charge in [0.1, 0.15) is 5.83 Å². The minimum absolute atomic E-state index is 1.37. The summed E-state index contributed by atoms with van der Waals surface area (Å²) in [5.74, 6) is -3.26. The van der Waals surface area contributed by atoms with Gasteiger partial charge in [-0.15, -0.1) is 0 Å². The standard InChI is InChI=1S/C7HF11/c8-2-1-3(9,5(10,11)12)4(2,6(13,14)15)7(16,17)18/h1H. The minimum atomic E-state index is -6.83. The van der Waals surface area contributed by atoms with Gasteiger partial charge in [0, 0.05) is 0 Å². The zero-order valence-electron chi connectivity index (χ0n) is 7.73. The topological polar surface area (TPSA) is 0 Å². The van der Waals surface area contributed by atoms with Gasteiger partial charge in [-0.2, -0.15) is 39.5 Å². The molecule has 11 heteroatoms. The summed E-state index contributed by atoms with van der Waals surface area (Å²) in [7, 11) is 0. The summed E-state index contributed by atoms with van der Waals surface area (Å²) in [6, 6.07) is 0. The fourth-order valence-electron chi connectivity index (χ4n) is 1.63. The van der Waals surface area contributed by atoms with Crippen LogP contribution in [0.4, 0.5) is 48.3 Å². The van der Waals surface area contributed by atoms with Gasteiger partial charge in [-0.3, -0.25) is 0 Å². The molecule has 1 atom stereocenters. The molecule has 0 aromatic rings. The highest BCUT2D eigenvalue weighted by atomic mass is 19.4. The third-order valence-electron chi connectivity index (χ3n) is 2.49. The fourth-order valence-corrected chi connectivity index (χ4v) is 1.63. The monoisotopic (exact) mass is 294 g/mol. The van der Waals surface area contributed by atoms with Crippen LogP contribution in [-0.4, -0.2) is 24.2 Å². The molecule has 0 aromatic heterocycles. The molecule has 1 aliphatic carbocycles. The van der Waals surface area contributed by atoms with Crippen LogP contribution in [0.2, 0.25) is 0 Å². The van der Waals surface area contributed by atoms with Crippen molar-refractivity contribution in [3.8, 4) is 0 Å². The molecular formula is C7HF11. The Morgan fingerprint density at radius 1 is 0.722 bits per heavy atom. The zero-order valence-corrected chi connectivity index (χ0v) is 7.73. The maximum atomic E-state index is 13.1. The Bertz CT molecular complexity index is 366. The highest BCUT2D eigenvalue weighted by molar-refractivity contribution is 5.41. The second-order valence-electron chi connectivity index (χ2n) is 3.45. The van der Waals surface area contributed by atoms with Crippen LogP contribution in [0.15, 0.2) is 11.9 Å². The second kappa shape index (κ2) is 3.29. The molecule has 1 rings (SSSR count). The molecule has 0 bridgehead atoms. The van der Waals surface area contributed by atoms with Crippen molar-refractivity contribution < 1.29 is 48.3 Å². The van der Waals surface area contributed by atoms with E-state index in [1.54, 1.807) is 0 Å². The van der Waals surface area contributed by atoms with Gasteiger partial charge < -0.3 is 0 Å². The molecular weight excluding hydrogens is 293 g/mol. The molecule has 0 aliphatic heterocycles. The van der Waals surface area contributed by atoms with E-state index in [0.29, 0.717) is 0 Å². The first-order valence-corrected chi connectivity index (χ1v) is 3.91. The molecule has 0 spiro atoms. The van der Waals surface area contributed by atoms with Crippen molar-refractivity contribution in [2.75, 3.05) is 0 Å². The lowest BCUT2D eigenvalue weighted by Crippen LogP contribution is -2.72. The largest absolute Gasteiger partial charge is 0.428 e. The molecule has 0 heterocycles. The minimum Gasteiger partial charge on any atom is -0.227 e. The Kier molecular flexibility index (Phi) is 2.75. The van der Waals surface area contributed by atoms with Crippen LogP contribution in [0.1, 0.15) is 0 Å². The Morgan fingerprint density at radius 2 is 1.06 bits per heavy atom. The first-order valence-electron chi connectivity index (χ1n) is 3.91. The second-order valence-corrected chi connectivity index (χ2v) is 3.45. The number of alkyl halides is 10. The van der Waals surface area contributed by atoms with Gasteiger partial charge in [0.15, 0.2) is 0 Å². The third kappa shape index (κ3) is 1.38. The lowest BCUT2D eigenvalue weighted by molar-refractivity contribution is -0.410. The van der Waals surface area contributed by atoms with Crippen molar-refractivity contribution in [2.45, 2.75) is 24.2 Å². The quantitative estimate of drug-likeness (QED) is 0.586. The number of hydrogen-bond donors (Lipinski definition) is 0. The van der Waals surface area contributed by atoms with E-state index in [1.165, 1.54) is 0 Å².